The van der Waals surface area contributed by atoms with Gasteiger partial charge in [0.1, 0.15) is 12.3 Å². The van der Waals surface area contributed by atoms with E-state index < -0.39 is 10.0 Å². The molecule has 1 saturated carbocycles. The minimum absolute atomic E-state index is 0.0232. The average Bonchev–Trinajstić information content (AvgIpc) is 3.46. The number of hydrogen-bond donors (Lipinski definition) is 3. The van der Waals surface area contributed by atoms with Crippen LogP contribution in [0.2, 0.25) is 0 Å². The molecule has 7 nitrogen and oxygen atoms in total. The van der Waals surface area contributed by atoms with Gasteiger partial charge >= 0.3 is 0 Å². The summed E-state index contributed by atoms with van der Waals surface area (Å²) < 4.78 is 28.1. The Morgan fingerprint density at radius 3 is 2.52 bits per heavy atom. The number of nitrogens with one attached hydrogen (secondary N) is 2. The van der Waals surface area contributed by atoms with Gasteiger partial charge in [-0.2, -0.15) is 0 Å². The van der Waals surface area contributed by atoms with Gasteiger partial charge in [0.15, 0.2) is 6.54 Å². The number of carbonyl (C=O) groups excluding carboxylic acids is 1. The SMILES string of the molecule is COc1ccc(C[NH+](CC(=O)Nc2cccc(S(N)(=O)=O)c2)C2CC2)cc1. The van der Waals surface area contributed by atoms with Gasteiger partial charge < -0.3 is 15.0 Å². The Kier molecular flexibility index (Phi) is 5.79. The standard InChI is InChI=1S/C19H23N3O4S/c1-26-17-9-5-14(6-10-17)12-22(16-7-8-16)13-19(23)21-15-3-2-4-18(11-15)27(20,24)25/h2-6,9-11,16H,7-8,12-13H2,1H3,(H,21,23)(H2,20,24,25)/p+1. The summed E-state index contributed by atoms with van der Waals surface area (Å²) in [5.41, 5.74) is 1.56. The Balaban J connectivity index is 1.63. The Bertz CT molecular complexity index is 909. The molecular formula is C19H24N3O4S+. The third-order valence-electron chi connectivity index (χ3n) is 4.58. The number of rotatable bonds is 8. The Morgan fingerprint density at radius 1 is 1.22 bits per heavy atom. The first-order valence-electron chi connectivity index (χ1n) is 8.75. The molecule has 1 aliphatic rings. The maximum atomic E-state index is 12.5. The van der Waals surface area contributed by atoms with E-state index in [1.54, 1.807) is 19.2 Å². The molecular weight excluding hydrogens is 366 g/mol. The van der Waals surface area contributed by atoms with Crippen LogP contribution in [0.15, 0.2) is 53.4 Å². The molecule has 144 valence electrons. The molecule has 8 heteroatoms. The van der Waals surface area contributed by atoms with Gasteiger partial charge in [-0.3, -0.25) is 4.79 Å². The van der Waals surface area contributed by atoms with E-state index in [1.807, 2.05) is 24.3 Å². The lowest BCUT2D eigenvalue weighted by Crippen LogP contribution is -3.13. The van der Waals surface area contributed by atoms with E-state index in [-0.39, 0.29) is 10.8 Å². The molecule has 1 fully saturated rings. The monoisotopic (exact) mass is 390 g/mol. The number of ether oxygens (including phenoxy) is 1. The highest BCUT2D eigenvalue weighted by Gasteiger charge is 2.34. The zero-order chi connectivity index (χ0) is 19.4. The molecule has 0 saturated heterocycles. The number of quaternary nitrogens is 1. The third kappa shape index (κ3) is 5.53. The van der Waals surface area contributed by atoms with E-state index in [0.717, 1.165) is 30.7 Å². The third-order valence-corrected chi connectivity index (χ3v) is 5.49. The summed E-state index contributed by atoms with van der Waals surface area (Å²) in [6.07, 6.45) is 2.22. The van der Waals surface area contributed by atoms with Crippen LogP contribution in [0.5, 0.6) is 5.75 Å². The first-order valence-corrected chi connectivity index (χ1v) is 10.3. The molecule has 1 atom stereocenters. The largest absolute Gasteiger partial charge is 0.497 e. The zero-order valence-corrected chi connectivity index (χ0v) is 16.0. The fourth-order valence-electron chi connectivity index (χ4n) is 3.01. The minimum Gasteiger partial charge on any atom is -0.497 e. The van der Waals surface area contributed by atoms with Gasteiger partial charge in [-0.15, -0.1) is 0 Å². The van der Waals surface area contributed by atoms with Crippen LogP contribution < -0.4 is 20.1 Å². The van der Waals surface area contributed by atoms with Gasteiger partial charge in [-0.1, -0.05) is 6.07 Å². The van der Waals surface area contributed by atoms with Gasteiger partial charge in [-0.05, 0) is 42.5 Å². The molecule has 2 aromatic carbocycles. The second kappa shape index (κ2) is 8.08. The predicted molar refractivity (Wildman–Crippen MR) is 102 cm³/mol. The van der Waals surface area contributed by atoms with E-state index in [9.17, 15) is 13.2 Å². The lowest BCUT2D eigenvalue weighted by molar-refractivity contribution is -0.916. The van der Waals surface area contributed by atoms with Crippen molar-refractivity contribution < 1.29 is 22.8 Å². The molecule has 1 amide bonds. The molecule has 2 aromatic rings. The van der Waals surface area contributed by atoms with Crippen LogP contribution >= 0.6 is 0 Å². The Labute approximate surface area is 159 Å². The van der Waals surface area contributed by atoms with Crippen LogP contribution in [0.25, 0.3) is 0 Å². The van der Waals surface area contributed by atoms with E-state index in [2.05, 4.69) is 5.32 Å². The Morgan fingerprint density at radius 2 is 1.93 bits per heavy atom. The topological polar surface area (TPSA) is 103 Å². The van der Waals surface area contributed by atoms with Crippen LogP contribution in [0.4, 0.5) is 5.69 Å². The van der Waals surface area contributed by atoms with Crippen molar-refractivity contribution in [3.8, 4) is 5.75 Å². The summed E-state index contributed by atoms with van der Waals surface area (Å²) in [6, 6.07) is 14.3. The van der Waals surface area contributed by atoms with E-state index >= 15 is 0 Å². The maximum Gasteiger partial charge on any atom is 0.279 e. The summed E-state index contributed by atoms with van der Waals surface area (Å²) >= 11 is 0. The van der Waals surface area contributed by atoms with Crippen LogP contribution in [-0.2, 0) is 21.4 Å². The minimum atomic E-state index is -3.80. The van der Waals surface area contributed by atoms with Crippen molar-refractivity contribution in [2.75, 3.05) is 19.0 Å². The molecule has 0 radical (unpaired) electrons. The molecule has 4 N–H and O–H groups in total. The highest BCUT2D eigenvalue weighted by atomic mass is 32.2. The van der Waals surface area contributed by atoms with Crippen molar-refractivity contribution in [1.29, 1.82) is 0 Å². The lowest BCUT2D eigenvalue weighted by atomic mass is 10.2. The molecule has 0 heterocycles. The van der Waals surface area contributed by atoms with Crippen molar-refractivity contribution in [1.82, 2.24) is 0 Å². The summed E-state index contributed by atoms with van der Waals surface area (Å²) in [6.45, 7) is 1.07. The zero-order valence-electron chi connectivity index (χ0n) is 15.1. The van der Waals surface area contributed by atoms with Crippen LogP contribution in [0.1, 0.15) is 18.4 Å². The summed E-state index contributed by atoms with van der Waals surface area (Å²) in [5, 5.41) is 7.91. The summed E-state index contributed by atoms with van der Waals surface area (Å²) in [5.74, 6) is 0.649. The number of methoxy groups -OCH3 is 1. The number of amides is 1. The van der Waals surface area contributed by atoms with Crippen LogP contribution in [-0.4, -0.2) is 34.0 Å². The van der Waals surface area contributed by atoms with Gasteiger partial charge in [0.25, 0.3) is 5.91 Å². The number of nitrogens with two attached hydrogens (primary N) is 1. The van der Waals surface area contributed by atoms with Gasteiger partial charge in [0.2, 0.25) is 10.0 Å². The number of anilines is 1. The van der Waals surface area contributed by atoms with Crippen LogP contribution in [0.3, 0.4) is 0 Å². The van der Waals surface area contributed by atoms with Crippen molar-refractivity contribution in [3.05, 3.63) is 54.1 Å². The molecule has 27 heavy (non-hydrogen) atoms. The molecule has 1 unspecified atom stereocenters. The quantitative estimate of drug-likeness (QED) is 0.612. The second-order valence-electron chi connectivity index (χ2n) is 6.76. The highest BCUT2D eigenvalue weighted by molar-refractivity contribution is 7.89. The van der Waals surface area contributed by atoms with Crippen molar-refractivity contribution in [2.45, 2.75) is 30.3 Å². The van der Waals surface area contributed by atoms with Gasteiger partial charge in [0.05, 0.1) is 18.0 Å². The van der Waals surface area contributed by atoms with Crippen molar-refractivity contribution >= 4 is 21.6 Å². The fraction of sp³-hybridized carbons (Fsp3) is 0.316. The Hall–Kier alpha value is -2.42. The van der Waals surface area contributed by atoms with E-state index in [4.69, 9.17) is 9.88 Å². The van der Waals surface area contributed by atoms with Crippen molar-refractivity contribution in [2.24, 2.45) is 5.14 Å². The number of carbonyl (C=O) groups is 1. The van der Waals surface area contributed by atoms with Crippen molar-refractivity contribution in [3.63, 3.8) is 0 Å². The smallest absolute Gasteiger partial charge is 0.279 e. The molecule has 0 aromatic heterocycles. The van der Waals surface area contributed by atoms with E-state index in [0.29, 0.717) is 18.3 Å². The normalized spacial score (nSPS) is 15.2. The molecule has 1 aliphatic carbocycles. The first-order chi connectivity index (χ1) is 12.8. The van der Waals surface area contributed by atoms with Crippen LogP contribution in [0, 0.1) is 0 Å². The number of primary sulfonamides is 1. The van der Waals surface area contributed by atoms with Gasteiger partial charge in [-0.25, -0.2) is 13.6 Å². The summed E-state index contributed by atoms with van der Waals surface area (Å²) in [4.78, 5) is 13.6. The molecule has 0 bridgehead atoms. The number of sulfonamides is 1. The fourth-order valence-corrected chi connectivity index (χ4v) is 3.57. The number of benzene rings is 2. The maximum absolute atomic E-state index is 12.5. The summed E-state index contributed by atoms with van der Waals surface area (Å²) in [7, 11) is -2.17. The second-order valence-corrected chi connectivity index (χ2v) is 8.32. The molecule has 0 aliphatic heterocycles. The van der Waals surface area contributed by atoms with E-state index in [1.165, 1.54) is 17.0 Å². The van der Waals surface area contributed by atoms with Gasteiger partial charge in [0, 0.05) is 24.1 Å². The average molecular weight is 390 g/mol. The molecule has 0 spiro atoms. The molecule has 3 rings (SSSR count). The highest BCUT2D eigenvalue weighted by Crippen LogP contribution is 2.17. The first kappa shape index (κ1) is 19.3. The lowest BCUT2D eigenvalue weighted by Gasteiger charge is -2.19. The number of hydrogen-bond acceptors (Lipinski definition) is 4. The predicted octanol–water partition coefficient (Wildman–Crippen LogP) is 0.529.